The molecule has 0 saturated heterocycles. The molecule has 1 heterocycles. The van der Waals surface area contributed by atoms with E-state index in [1.165, 1.54) is 0 Å². The minimum Gasteiger partial charge on any atom is -0.484 e. The Balaban J connectivity index is 1.51. The summed E-state index contributed by atoms with van der Waals surface area (Å²) < 4.78 is 6.72. The van der Waals surface area contributed by atoms with E-state index in [0.717, 1.165) is 37.8 Å². The average Bonchev–Trinajstić information content (AvgIpc) is 3.18. The summed E-state index contributed by atoms with van der Waals surface area (Å²) in [6, 6.07) is 24.1. The summed E-state index contributed by atoms with van der Waals surface area (Å²) in [5.41, 5.74) is 4.40. The number of aromatic amines is 1. The molecule has 2 N–H and O–H groups in total. The molecule has 5 heteroatoms. The summed E-state index contributed by atoms with van der Waals surface area (Å²) in [6.45, 7) is 2.44. The number of halogens is 1. The molecule has 0 spiro atoms. The molecule has 4 aromatic rings. The number of H-pyrrole nitrogens is 1. The van der Waals surface area contributed by atoms with Crippen LogP contribution >= 0.6 is 15.9 Å². The second-order valence-corrected chi connectivity index (χ2v) is 8.17. The van der Waals surface area contributed by atoms with Gasteiger partial charge in [0.2, 0.25) is 0 Å². The first-order valence-electron chi connectivity index (χ1n) is 9.88. The summed E-state index contributed by atoms with van der Waals surface area (Å²) in [5.74, 6) is 0.616. The number of hydrogen-bond donors (Lipinski definition) is 2. The molecule has 0 aliphatic carbocycles. The van der Waals surface area contributed by atoms with Crippen LogP contribution in [0.15, 0.2) is 83.5 Å². The highest BCUT2D eigenvalue weighted by Gasteiger charge is 2.19. The number of fused-ring (bicyclic) bond motifs is 1. The van der Waals surface area contributed by atoms with Gasteiger partial charge in [-0.15, -0.1) is 0 Å². The van der Waals surface area contributed by atoms with E-state index in [-0.39, 0.29) is 18.4 Å². The highest BCUT2D eigenvalue weighted by atomic mass is 79.9. The van der Waals surface area contributed by atoms with Gasteiger partial charge in [0.1, 0.15) is 5.75 Å². The van der Waals surface area contributed by atoms with Gasteiger partial charge in [0, 0.05) is 34.0 Å². The van der Waals surface area contributed by atoms with Gasteiger partial charge in [-0.1, -0.05) is 64.5 Å². The van der Waals surface area contributed by atoms with E-state index in [2.05, 4.69) is 50.5 Å². The van der Waals surface area contributed by atoms with Crippen LogP contribution in [0.4, 0.5) is 0 Å². The molecule has 1 aromatic heterocycles. The van der Waals surface area contributed by atoms with E-state index in [1.807, 2.05) is 61.7 Å². The van der Waals surface area contributed by atoms with Gasteiger partial charge < -0.3 is 15.0 Å². The zero-order valence-electron chi connectivity index (χ0n) is 16.7. The molecule has 3 aromatic carbocycles. The summed E-state index contributed by atoms with van der Waals surface area (Å²) in [6.07, 6.45) is 2.04. The Morgan fingerprint density at radius 3 is 2.57 bits per heavy atom. The largest absolute Gasteiger partial charge is 0.484 e. The standard InChI is InChI=1S/C25H23BrN2O2/c1-17-6-2-5-9-24(17)30-16-25(29)28-14-21(18-10-12-19(26)13-11-18)22-15-27-23-8-4-3-7-20(22)23/h2-13,15,21,27H,14,16H2,1H3,(H,28,29)/t21-/m1/s1. The lowest BCUT2D eigenvalue weighted by Crippen LogP contribution is -2.32. The molecule has 4 nitrogen and oxygen atoms in total. The maximum atomic E-state index is 12.5. The first-order valence-corrected chi connectivity index (χ1v) is 10.7. The molecule has 0 aliphatic heterocycles. The maximum absolute atomic E-state index is 12.5. The van der Waals surface area contributed by atoms with Gasteiger partial charge in [0.15, 0.2) is 6.61 Å². The number of carbonyl (C=O) groups is 1. The van der Waals surface area contributed by atoms with Crippen LogP contribution in [0.25, 0.3) is 10.9 Å². The van der Waals surface area contributed by atoms with Crippen molar-refractivity contribution in [2.75, 3.05) is 13.2 Å². The fourth-order valence-electron chi connectivity index (χ4n) is 3.61. The van der Waals surface area contributed by atoms with E-state index < -0.39 is 0 Å². The highest BCUT2D eigenvalue weighted by Crippen LogP contribution is 2.31. The Hall–Kier alpha value is -3.05. The molecule has 0 aliphatic rings. The molecule has 1 atom stereocenters. The number of nitrogens with one attached hydrogen (secondary N) is 2. The number of rotatable bonds is 7. The number of ether oxygens (including phenoxy) is 1. The third-order valence-electron chi connectivity index (χ3n) is 5.22. The van der Waals surface area contributed by atoms with Crippen LogP contribution in [-0.2, 0) is 4.79 Å². The predicted octanol–water partition coefficient (Wildman–Crippen LogP) is 5.57. The highest BCUT2D eigenvalue weighted by molar-refractivity contribution is 9.10. The van der Waals surface area contributed by atoms with Crippen LogP contribution in [-0.4, -0.2) is 24.0 Å². The van der Waals surface area contributed by atoms with Crippen molar-refractivity contribution < 1.29 is 9.53 Å². The fourth-order valence-corrected chi connectivity index (χ4v) is 3.88. The predicted molar refractivity (Wildman–Crippen MR) is 124 cm³/mol. The van der Waals surface area contributed by atoms with Crippen molar-refractivity contribution in [3.05, 3.63) is 100 Å². The minimum atomic E-state index is -0.139. The van der Waals surface area contributed by atoms with E-state index in [9.17, 15) is 4.79 Å². The summed E-state index contributed by atoms with van der Waals surface area (Å²) in [5, 5.41) is 4.21. The summed E-state index contributed by atoms with van der Waals surface area (Å²) in [7, 11) is 0. The molecule has 0 saturated carbocycles. The Morgan fingerprint density at radius 1 is 1.03 bits per heavy atom. The Kier molecular flexibility index (Phi) is 6.19. The Bertz CT molecular complexity index is 1150. The van der Waals surface area contributed by atoms with Crippen LogP contribution in [0.1, 0.15) is 22.6 Å². The van der Waals surface area contributed by atoms with E-state index in [0.29, 0.717) is 6.54 Å². The molecule has 30 heavy (non-hydrogen) atoms. The zero-order valence-corrected chi connectivity index (χ0v) is 18.3. The third kappa shape index (κ3) is 4.57. The van der Waals surface area contributed by atoms with Crippen LogP contribution < -0.4 is 10.1 Å². The molecule has 152 valence electrons. The summed E-state index contributed by atoms with van der Waals surface area (Å²) in [4.78, 5) is 15.8. The van der Waals surface area contributed by atoms with Crippen LogP contribution in [0.5, 0.6) is 5.75 Å². The second kappa shape index (κ2) is 9.18. The topological polar surface area (TPSA) is 54.1 Å². The van der Waals surface area contributed by atoms with Gasteiger partial charge in [-0.3, -0.25) is 4.79 Å². The minimum absolute atomic E-state index is 0.00814. The van der Waals surface area contributed by atoms with Gasteiger partial charge in [0.25, 0.3) is 5.91 Å². The van der Waals surface area contributed by atoms with Crippen molar-refractivity contribution in [1.82, 2.24) is 10.3 Å². The number of aromatic nitrogens is 1. The van der Waals surface area contributed by atoms with Crippen molar-refractivity contribution >= 4 is 32.7 Å². The summed E-state index contributed by atoms with van der Waals surface area (Å²) >= 11 is 3.50. The molecular formula is C25H23BrN2O2. The van der Waals surface area contributed by atoms with Crippen LogP contribution in [0.3, 0.4) is 0 Å². The molecule has 0 radical (unpaired) electrons. The quantitative estimate of drug-likeness (QED) is 0.377. The smallest absolute Gasteiger partial charge is 0.257 e. The van der Waals surface area contributed by atoms with E-state index >= 15 is 0 Å². The molecule has 0 bridgehead atoms. The number of benzene rings is 3. The first-order chi connectivity index (χ1) is 14.6. The van der Waals surface area contributed by atoms with Crippen molar-refractivity contribution in [2.45, 2.75) is 12.8 Å². The number of carbonyl (C=O) groups excluding carboxylic acids is 1. The number of para-hydroxylation sites is 2. The molecule has 4 rings (SSSR count). The lowest BCUT2D eigenvalue weighted by Gasteiger charge is -2.19. The van der Waals surface area contributed by atoms with Crippen LogP contribution in [0.2, 0.25) is 0 Å². The Labute approximate surface area is 184 Å². The fraction of sp³-hybridized carbons (Fsp3) is 0.160. The van der Waals surface area contributed by atoms with Gasteiger partial charge in [-0.05, 0) is 47.9 Å². The van der Waals surface area contributed by atoms with E-state index in [1.54, 1.807) is 0 Å². The van der Waals surface area contributed by atoms with E-state index in [4.69, 9.17) is 4.74 Å². The lowest BCUT2D eigenvalue weighted by molar-refractivity contribution is -0.123. The van der Waals surface area contributed by atoms with Gasteiger partial charge in [0.05, 0.1) is 0 Å². The molecule has 0 fully saturated rings. The maximum Gasteiger partial charge on any atom is 0.257 e. The second-order valence-electron chi connectivity index (χ2n) is 7.25. The monoisotopic (exact) mass is 462 g/mol. The number of hydrogen-bond acceptors (Lipinski definition) is 2. The average molecular weight is 463 g/mol. The van der Waals surface area contributed by atoms with Gasteiger partial charge in [-0.25, -0.2) is 0 Å². The normalized spacial score (nSPS) is 11.9. The van der Waals surface area contributed by atoms with Gasteiger partial charge in [-0.2, -0.15) is 0 Å². The SMILES string of the molecule is Cc1ccccc1OCC(=O)NC[C@H](c1ccc(Br)cc1)c1c[nH]c2ccccc12. The molecule has 1 amide bonds. The zero-order chi connectivity index (χ0) is 20.9. The lowest BCUT2D eigenvalue weighted by atomic mass is 9.91. The van der Waals surface area contributed by atoms with Crippen molar-refractivity contribution in [1.29, 1.82) is 0 Å². The van der Waals surface area contributed by atoms with Crippen molar-refractivity contribution in [3.8, 4) is 5.75 Å². The third-order valence-corrected chi connectivity index (χ3v) is 5.75. The van der Waals surface area contributed by atoms with Gasteiger partial charge >= 0.3 is 0 Å². The van der Waals surface area contributed by atoms with Crippen molar-refractivity contribution in [3.63, 3.8) is 0 Å². The van der Waals surface area contributed by atoms with Crippen LogP contribution in [0, 0.1) is 6.92 Å². The first kappa shape index (κ1) is 20.2. The molecule has 0 unspecified atom stereocenters. The molecular weight excluding hydrogens is 440 g/mol. The van der Waals surface area contributed by atoms with Crippen molar-refractivity contribution in [2.24, 2.45) is 0 Å². The Morgan fingerprint density at radius 2 is 1.77 bits per heavy atom. The number of amides is 1. The number of aryl methyl sites for hydroxylation is 1.